The zero-order valence-corrected chi connectivity index (χ0v) is 16.7. The van der Waals surface area contributed by atoms with E-state index < -0.39 is 5.60 Å². The van der Waals surface area contributed by atoms with Gasteiger partial charge in [-0.1, -0.05) is 36.4 Å². The molecule has 2 aromatic rings. The maximum Gasteiger partial charge on any atom is 0.338 e. The first-order chi connectivity index (χ1) is 12.7. The van der Waals surface area contributed by atoms with E-state index in [1.54, 1.807) is 0 Å². The summed E-state index contributed by atoms with van der Waals surface area (Å²) in [6, 6.07) is 14.1. The minimum atomic E-state index is -0.507. The second-order valence-electron chi connectivity index (χ2n) is 8.05. The number of esters is 1. The molecular weight excluding hydrogens is 340 g/mol. The summed E-state index contributed by atoms with van der Waals surface area (Å²) in [4.78, 5) is 12.4. The summed E-state index contributed by atoms with van der Waals surface area (Å²) in [6.07, 6.45) is 0.214. The Morgan fingerprint density at radius 1 is 1.22 bits per heavy atom. The zero-order valence-electron chi connectivity index (χ0n) is 16.7. The van der Waals surface area contributed by atoms with Crippen molar-refractivity contribution >= 4 is 5.97 Å². The second kappa shape index (κ2) is 7.83. The highest BCUT2D eigenvalue weighted by Gasteiger charge is 2.24. The lowest BCUT2D eigenvalue weighted by Gasteiger charge is -2.21. The van der Waals surface area contributed by atoms with Gasteiger partial charge in [0.1, 0.15) is 11.7 Å². The van der Waals surface area contributed by atoms with Gasteiger partial charge in [0.2, 0.25) is 0 Å². The van der Waals surface area contributed by atoms with E-state index in [0.717, 1.165) is 28.9 Å². The first kappa shape index (κ1) is 19.6. The normalized spacial score (nSPS) is 17.4. The molecule has 3 rings (SSSR count). The molecule has 1 heterocycles. The summed E-state index contributed by atoms with van der Waals surface area (Å²) >= 11 is 0. The van der Waals surface area contributed by atoms with E-state index in [9.17, 15) is 4.79 Å². The molecule has 0 spiro atoms. The average Bonchev–Trinajstić information content (AvgIpc) is 3.42. The van der Waals surface area contributed by atoms with Crippen LogP contribution in [0.3, 0.4) is 0 Å². The molecule has 0 bridgehead atoms. The molecule has 1 aliphatic rings. The third-order valence-corrected chi connectivity index (χ3v) is 4.49. The van der Waals surface area contributed by atoms with E-state index in [-0.39, 0.29) is 18.2 Å². The molecule has 0 aromatic heterocycles. The zero-order chi connectivity index (χ0) is 19.6. The lowest BCUT2D eigenvalue weighted by Crippen LogP contribution is -2.24. The molecule has 0 aliphatic carbocycles. The van der Waals surface area contributed by atoms with Crippen molar-refractivity contribution < 1.29 is 19.0 Å². The quantitative estimate of drug-likeness (QED) is 0.526. The molecule has 4 nitrogen and oxygen atoms in total. The van der Waals surface area contributed by atoms with E-state index in [0.29, 0.717) is 12.2 Å². The molecule has 144 valence electrons. The third-order valence-electron chi connectivity index (χ3n) is 4.49. The van der Waals surface area contributed by atoms with E-state index in [1.165, 1.54) is 0 Å². The molecular formula is C23H28O4. The molecule has 0 amide bonds. The van der Waals surface area contributed by atoms with Crippen molar-refractivity contribution in [2.45, 2.75) is 52.4 Å². The highest BCUT2D eigenvalue weighted by Crippen LogP contribution is 2.32. The Kier molecular flexibility index (Phi) is 5.68. The third kappa shape index (κ3) is 5.18. The van der Waals surface area contributed by atoms with Gasteiger partial charge in [-0.15, -0.1) is 0 Å². The Labute approximate surface area is 161 Å². The van der Waals surface area contributed by atoms with Gasteiger partial charge in [-0.25, -0.2) is 4.79 Å². The Hall–Kier alpha value is -2.17. The fourth-order valence-electron chi connectivity index (χ4n) is 3.01. The van der Waals surface area contributed by atoms with E-state index in [4.69, 9.17) is 14.2 Å². The summed E-state index contributed by atoms with van der Waals surface area (Å²) < 4.78 is 16.7. The van der Waals surface area contributed by atoms with Gasteiger partial charge < -0.3 is 14.2 Å². The van der Waals surface area contributed by atoms with E-state index in [2.05, 4.69) is 19.1 Å². The molecule has 2 aromatic carbocycles. The molecule has 1 aliphatic heterocycles. The largest absolute Gasteiger partial charge is 0.456 e. The molecule has 0 N–H and O–H groups in total. The lowest BCUT2D eigenvalue weighted by atomic mass is 9.94. The van der Waals surface area contributed by atoms with E-state index in [1.807, 2.05) is 58.0 Å². The number of rotatable bonds is 6. The maximum absolute atomic E-state index is 12.4. The van der Waals surface area contributed by atoms with Gasteiger partial charge >= 0.3 is 5.97 Å². The summed E-state index contributed by atoms with van der Waals surface area (Å²) in [6.45, 7) is 11.0. The number of hydrogen-bond acceptors (Lipinski definition) is 4. The number of hydrogen-bond donors (Lipinski definition) is 0. The maximum atomic E-state index is 12.4. The Morgan fingerprint density at radius 2 is 1.93 bits per heavy atom. The number of aryl methyl sites for hydroxylation is 1. The Balaban J connectivity index is 1.84. The van der Waals surface area contributed by atoms with Gasteiger partial charge in [-0.3, -0.25) is 0 Å². The van der Waals surface area contributed by atoms with Crippen molar-refractivity contribution in [3.05, 3.63) is 59.2 Å². The SMILES string of the molecule is Cc1cc(-c2ccccc2[C@@H](C)OC[C@H]2CO2)ccc1C(=O)OC(C)(C)C. The topological polar surface area (TPSA) is 48.1 Å². The van der Waals surface area contributed by atoms with Gasteiger partial charge in [-0.05, 0) is 62.9 Å². The van der Waals surface area contributed by atoms with Gasteiger partial charge in [0.25, 0.3) is 0 Å². The van der Waals surface area contributed by atoms with E-state index >= 15 is 0 Å². The van der Waals surface area contributed by atoms with Crippen LogP contribution in [-0.4, -0.2) is 30.9 Å². The summed E-state index contributed by atoms with van der Waals surface area (Å²) in [5.74, 6) is -0.291. The molecule has 27 heavy (non-hydrogen) atoms. The number of ether oxygens (including phenoxy) is 3. The van der Waals surface area contributed by atoms with Crippen LogP contribution >= 0.6 is 0 Å². The molecule has 0 unspecified atom stereocenters. The monoisotopic (exact) mass is 368 g/mol. The second-order valence-corrected chi connectivity index (χ2v) is 8.05. The first-order valence-electron chi connectivity index (χ1n) is 9.41. The van der Waals surface area contributed by atoms with Crippen LogP contribution in [0, 0.1) is 6.92 Å². The van der Waals surface area contributed by atoms with Crippen LogP contribution in [0.1, 0.15) is 55.3 Å². The van der Waals surface area contributed by atoms with Crippen LogP contribution in [0.4, 0.5) is 0 Å². The summed E-state index contributed by atoms with van der Waals surface area (Å²) in [5, 5.41) is 0. The van der Waals surface area contributed by atoms with Crippen molar-refractivity contribution in [1.82, 2.24) is 0 Å². The smallest absolute Gasteiger partial charge is 0.338 e. The first-order valence-corrected chi connectivity index (χ1v) is 9.41. The highest BCUT2D eigenvalue weighted by atomic mass is 16.6. The Bertz CT molecular complexity index is 815. The van der Waals surface area contributed by atoms with Gasteiger partial charge in [-0.2, -0.15) is 0 Å². The number of benzene rings is 2. The van der Waals surface area contributed by atoms with Gasteiger partial charge in [0, 0.05) is 0 Å². The van der Waals surface area contributed by atoms with Crippen LogP contribution in [0.2, 0.25) is 0 Å². The predicted octanol–water partition coefficient (Wildman–Crippen LogP) is 5.09. The highest BCUT2D eigenvalue weighted by molar-refractivity contribution is 5.92. The number of carbonyl (C=O) groups excluding carboxylic acids is 1. The van der Waals surface area contributed by atoms with Crippen molar-refractivity contribution in [2.24, 2.45) is 0 Å². The molecule has 1 saturated heterocycles. The Morgan fingerprint density at radius 3 is 2.56 bits per heavy atom. The summed E-state index contributed by atoms with van der Waals surface area (Å²) in [5.41, 5.74) is 4.29. The number of epoxide rings is 1. The van der Waals surface area contributed by atoms with Crippen LogP contribution in [0.5, 0.6) is 0 Å². The van der Waals surface area contributed by atoms with Gasteiger partial charge in [0.05, 0.1) is 24.9 Å². The molecule has 0 radical (unpaired) electrons. The van der Waals surface area contributed by atoms with Crippen LogP contribution in [0.15, 0.2) is 42.5 Å². The minimum Gasteiger partial charge on any atom is -0.456 e. The standard InChI is InChI=1S/C23H28O4/c1-15-12-17(10-11-19(15)22(24)27-23(3,4)5)21-9-7-6-8-20(21)16(2)25-13-18-14-26-18/h6-12,16,18H,13-14H2,1-5H3/t16-,18+/m1/s1. The van der Waals surface area contributed by atoms with Crippen LogP contribution < -0.4 is 0 Å². The molecule has 0 saturated carbocycles. The van der Waals surface area contributed by atoms with Gasteiger partial charge in [0.15, 0.2) is 0 Å². The molecule has 4 heteroatoms. The van der Waals surface area contributed by atoms with Crippen molar-refractivity contribution in [1.29, 1.82) is 0 Å². The average molecular weight is 368 g/mol. The molecule has 2 atom stereocenters. The fourth-order valence-corrected chi connectivity index (χ4v) is 3.01. The van der Waals surface area contributed by atoms with Crippen molar-refractivity contribution in [3.8, 4) is 11.1 Å². The minimum absolute atomic E-state index is 0.0313. The van der Waals surface area contributed by atoms with Crippen molar-refractivity contribution in [3.63, 3.8) is 0 Å². The van der Waals surface area contributed by atoms with Crippen LogP contribution in [-0.2, 0) is 14.2 Å². The lowest BCUT2D eigenvalue weighted by molar-refractivity contribution is 0.00687. The fraction of sp³-hybridized carbons (Fsp3) is 0.435. The van der Waals surface area contributed by atoms with Crippen LogP contribution in [0.25, 0.3) is 11.1 Å². The predicted molar refractivity (Wildman–Crippen MR) is 106 cm³/mol. The molecule has 1 fully saturated rings. The summed E-state index contributed by atoms with van der Waals surface area (Å²) in [7, 11) is 0. The van der Waals surface area contributed by atoms with Crippen molar-refractivity contribution in [2.75, 3.05) is 13.2 Å². The number of carbonyl (C=O) groups is 1.